The van der Waals surface area contributed by atoms with Gasteiger partial charge >= 0.3 is 0 Å². The van der Waals surface area contributed by atoms with Gasteiger partial charge in [-0.05, 0) is 51.2 Å². The van der Waals surface area contributed by atoms with Crippen molar-refractivity contribution < 1.29 is 0 Å². The zero-order valence-corrected chi connectivity index (χ0v) is 14.8. The van der Waals surface area contributed by atoms with Crippen LogP contribution in [0, 0.1) is 6.92 Å². The minimum atomic E-state index is 0.972. The molecule has 0 N–H and O–H groups in total. The molecule has 3 heteroatoms. The molecule has 0 aliphatic rings. The first-order valence-electron chi connectivity index (χ1n) is 7.83. The summed E-state index contributed by atoms with van der Waals surface area (Å²) >= 11 is 1.88. The second-order valence-corrected chi connectivity index (χ2v) is 7.28. The summed E-state index contributed by atoms with van der Waals surface area (Å²) in [5.74, 6) is 0. The molecule has 0 fully saturated rings. The van der Waals surface area contributed by atoms with Crippen LogP contribution in [0.15, 0.2) is 49.2 Å². The Kier molecular flexibility index (Phi) is 4.60. The molecule has 3 rings (SSSR count). The van der Waals surface area contributed by atoms with E-state index in [1.54, 1.807) is 0 Å². The molecule has 3 aromatic rings. The molecule has 0 atom stereocenters. The summed E-state index contributed by atoms with van der Waals surface area (Å²) in [6.07, 6.45) is 2.90. The van der Waals surface area contributed by atoms with E-state index in [0.717, 1.165) is 24.2 Å². The lowest BCUT2D eigenvalue weighted by molar-refractivity contribution is 0.415. The number of nitrogens with zero attached hydrogens (tertiary/aromatic N) is 2. The van der Waals surface area contributed by atoms with E-state index < -0.39 is 0 Å². The lowest BCUT2D eigenvalue weighted by Gasteiger charge is -2.11. The van der Waals surface area contributed by atoms with Crippen molar-refractivity contribution in [3.05, 3.63) is 70.9 Å². The number of thiophene rings is 1. The Hall–Kier alpha value is -1.97. The summed E-state index contributed by atoms with van der Waals surface area (Å²) in [7, 11) is 4.23. The topological polar surface area (TPSA) is 16.1 Å². The molecule has 2 heterocycles. The highest BCUT2D eigenvalue weighted by Gasteiger charge is 2.16. The molecule has 0 aliphatic carbocycles. The van der Waals surface area contributed by atoms with Gasteiger partial charge in [-0.3, -0.25) is 4.98 Å². The van der Waals surface area contributed by atoms with Crippen LogP contribution in [0.25, 0.3) is 15.7 Å². The Labute approximate surface area is 142 Å². The first-order chi connectivity index (χ1) is 11.1. The maximum absolute atomic E-state index is 4.53. The smallest absolute Gasteiger partial charge is 0.0705 e. The van der Waals surface area contributed by atoms with E-state index in [9.17, 15) is 0 Å². The van der Waals surface area contributed by atoms with Crippen molar-refractivity contribution in [2.24, 2.45) is 0 Å². The fourth-order valence-corrected chi connectivity index (χ4v) is 3.98. The Morgan fingerprint density at radius 1 is 1.22 bits per heavy atom. The van der Waals surface area contributed by atoms with Gasteiger partial charge in [0.05, 0.1) is 5.69 Å². The molecular weight excluding hydrogens is 300 g/mol. The summed E-state index contributed by atoms with van der Waals surface area (Å²) in [6, 6.07) is 12.7. The van der Waals surface area contributed by atoms with Gasteiger partial charge < -0.3 is 4.90 Å². The van der Waals surface area contributed by atoms with Gasteiger partial charge in [-0.1, -0.05) is 24.8 Å². The van der Waals surface area contributed by atoms with Crippen molar-refractivity contribution >= 4 is 27.0 Å². The molecule has 23 heavy (non-hydrogen) atoms. The quantitative estimate of drug-likeness (QED) is 0.672. The molecule has 2 nitrogen and oxygen atoms in total. The van der Waals surface area contributed by atoms with Gasteiger partial charge in [0.15, 0.2) is 0 Å². The third kappa shape index (κ3) is 3.36. The standard InChI is InChI=1S/C20H22N2S/c1-14-9-11-21-17(13-14)15(2)20-16-7-5-6-8-18(16)23-19(20)10-12-22(3)4/h5-9,11,13H,2,10,12H2,1,3-4H3. The third-order valence-corrected chi connectivity index (χ3v) is 5.21. The maximum Gasteiger partial charge on any atom is 0.0705 e. The van der Waals surface area contributed by atoms with E-state index in [1.165, 1.54) is 26.1 Å². The van der Waals surface area contributed by atoms with E-state index in [-0.39, 0.29) is 0 Å². The normalized spacial score (nSPS) is 11.3. The summed E-state index contributed by atoms with van der Waals surface area (Å²) in [5.41, 5.74) is 4.48. The number of hydrogen-bond donors (Lipinski definition) is 0. The first-order valence-corrected chi connectivity index (χ1v) is 8.65. The van der Waals surface area contributed by atoms with Crippen LogP contribution in [0.2, 0.25) is 0 Å². The zero-order chi connectivity index (χ0) is 16.4. The summed E-state index contributed by atoms with van der Waals surface area (Å²) in [5, 5.41) is 1.29. The average Bonchev–Trinajstić information content (AvgIpc) is 2.90. The van der Waals surface area contributed by atoms with Crippen molar-refractivity contribution in [1.82, 2.24) is 9.88 Å². The number of benzene rings is 1. The molecule has 0 bridgehead atoms. The van der Waals surface area contributed by atoms with Crippen LogP contribution >= 0.6 is 11.3 Å². The molecular formula is C20H22N2S. The molecule has 0 radical (unpaired) electrons. The molecule has 0 amide bonds. The summed E-state index contributed by atoms with van der Waals surface area (Å²) < 4.78 is 1.32. The lowest BCUT2D eigenvalue weighted by atomic mass is 9.98. The van der Waals surface area contributed by atoms with Gasteiger partial charge in [0.1, 0.15) is 0 Å². The Morgan fingerprint density at radius 3 is 2.74 bits per heavy atom. The average molecular weight is 322 g/mol. The fourth-order valence-electron chi connectivity index (χ4n) is 2.76. The Balaban J connectivity index is 2.10. The van der Waals surface area contributed by atoms with E-state index in [2.05, 4.69) is 67.8 Å². The van der Waals surface area contributed by atoms with Crippen molar-refractivity contribution in [3.63, 3.8) is 0 Å². The monoisotopic (exact) mass is 322 g/mol. The van der Waals surface area contributed by atoms with Gasteiger partial charge in [-0.25, -0.2) is 0 Å². The van der Waals surface area contributed by atoms with Crippen LogP contribution in [-0.2, 0) is 6.42 Å². The van der Waals surface area contributed by atoms with Crippen LogP contribution in [0.4, 0.5) is 0 Å². The number of aromatic nitrogens is 1. The minimum absolute atomic E-state index is 0.972. The van der Waals surface area contributed by atoms with Crippen molar-refractivity contribution in [1.29, 1.82) is 0 Å². The van der Waals surface area contributed by atoms with Gasteiger partial charge in [0.25, 0.3) is 0 Å². The minimum Gasteiger partial charge on any atom is -0.309 e. The fraction of sp³-hybridized carbons (Fsp3) is 0.250. The predicted octanol–water partition coefficient (Wildman–Crippen LogP) is 4.77. The van der Waals surface area contributed by atoms with Gasteiger partial charge in [0.2, 0.25) is 0 Å². The van der Waals surface area contributed by atoms with Crippen LogP contribution in [0.3, 0.4) is 0 Å². The van der Waals surface area contributed by atoms with Gasteiger partial charge in [-0.15, -0.1) is 11.3 Å². The number of fused-ring (bicyclic) bond motifs is 1. The molecule has 0 saturated heterocycles. The van der Waals surface area contributed by atoms with E-state index in [4.69, 9.17) is 0 Å². The SMILES string of the molecule is C=C(c1cc(C)ccn1)c1c(CCN(C)C)sc2ccccc12. The van der Waals surface area contributed by atoms with E-state index in [1.807, 2.05) is 23.6 Å². The number of likely N-dealkylation sites (N-methyl/N-ethyl adjacent to an activating group) is 1. The molecule has 118 valence electrons. The highest BCUT2D eigenvalue weighted by Crippen LogP contribution is 2.37. The van der Waals surface area contributed by atoms with Crippen molar-refractivity contribution in [2.45, 2.75) is 13.3 Å². The predicted molar refractivity (Wildman–Crippen MR) is 101 cm³/mol. The molecule has 2 aromatic heterocycles. The molecule has 0 unspecified atom stereocenters. The third-order valence-electron chi connectivity index (χ3n) is 3.98. The largest absolute Gasteiger partial charge is 0.309 e. The maximum atomic E-state index is 4.53. The summed E-state index contributed by atoms with van der Waals surface area (Å²) in [6.45, 7) is 7.51. The van der Waals surface area contributed by atoms with Crippen LogP contribution in [0.5, 0.6) is 0 Å². The number of rotatable bonds is 5. The zero-order valence-electron chi connectivity index (χ0n) is 14.0. The van der Waals surface area contributed by atoms with Gasteiger partial charge in [-0.2, -0.15) is 0 Å². The van der Waals surface area contributed by atoms with E-state index in [0.29, 0.717) is 0 Å². The van der Waals surface area contributed by atoms with E-state index >= 15 is 0 Å². The lowest BCUT2D eigenvalue weighted by Crippen LogP contribution is -2.15. The second kappa shape index (κ2) is 6.65. The second-order valence-electron chi connectivity index (χ2n) is 6.15. The number of hydrogen-bond acceptors (Lipinski definition) is 3. The Bertz CT molecular complexity index is 846. The van der Waals surface area contributed by atoms with Crippen LogP contribution in [0.1, 0.15) is 21.7 Å². The van der Waals surface area contributed by atoms with Crippen LogP contribution < -0.4 is 0 Å². The Morgan fingerprint density at radius 2 is 2.00 bits per heavy atom. The highest BCUT2D eigenvalue weighted by molar-refractivity contribution is 7.19. The highest BCUT2D eigenvalue weighted by atomic mass is 32.1. The summed E-state index contributed by atoms with van der Waals surface area (Å²) in [4.78, 5) is 8.15. The van der Waals surface area contributed by atoms with Crippen molar-refractivity contribution in [3.8, 4) is 0 Å². The van der Waals surface area contributed by atoms with Gasteiger partial charge in [0, 0.05) is 38.8 Å². The molecule has 0 spiro atoms. The molecule has 0 saturated carbocycles. The molecule has 1 aromatic carbocycles. The van der Waals surface area contributed by atoms with Crippen molar-refractivity contribution in [2.75, 3.05) is 20.6 Å². The molecule has 0 aliphatic heterocycles. The number of aryl methyl sites for hydroxylation is 1. The first kappa shape index (κ1) is 15.9. The number of pyridine rings is 1. The van der Waals surface area contributed by atoms with Crippen LogP contribution in [-0.4, -0.2) is 30.5 Å².